The maximum atomic E-state index is 12.8. The minimum atomic E-state index is -1.49. The molecular formula is C17H17ClN5NaO7S2. The number of alkyl halides is 1. The Hall–Kier alpha value is -1.68. The predicted octanol–water partition coefficient (Wildman–Crippen LogP) is -4.27. The van der Waals surface area contributed by atoms with Crippen LogP contribution in [0.2, 0.25) is 0 Å². The van der Waals surface area contributed by atoms with E-state index in [0.717, 1.165) is 16.2 Å². The number of methoxy groups -OCH3 is 1. The number of carboxylic acid groups (broad SMARTS) is 1. The zero-order valence-electron chi connectivity index (χ0n) is 17.7. The number of carboxylic acids is 1. The number of halogens is 1. The molecule has 0 radical (unpaired) electrons. The summed E-state index contributed by atoms with van der Waals surface area (Å²) < 4.78 is 5.00. The summed E-state index contributed by atoms with van der Waals surface area (Å²) in [5, 5.41) is 21.3. The molecular weight excluding hydrogens is 509 g/mol. The van der Waals surface area contributed by atoms with Crippen molar-refractivity contribution in [2.75, 3.05) is 37.8 Å². The van der Waals surface area contributed by atoms with Crippen LogP contribution in [0.15, 0.2) is 21.8 Å². The molecule has 2 aliphatic heterocycles. The number of amides is 3. The number of thioether (sulfide) groups is 1. The molecule has 1 fully saturated rings. The standard InChI is InChI=1S/C17H18ClN5O7S2.Na/c1-29-4-7-5-31-15-11(14(26)23(15)12(7)16(27)28)21-13(25)10(22-30-2)8-6-32-17(19-8)20-9(24)3-18;/h6,11,15H,3-5H2,1-2H3,(H,21,25)(H,27,28)(H,19,20,24);/q;+1/p-1/t11?,15-;/m0./s1. The third-order valence-corrected chi connectivity index (χ3v) is 6.70. The van der Waals surface area contributed by atoms with Crippen LogP contribution in [0.4, 0.5) is 5.13 Å². The Labute approximate surface area is 223 Å². The molecule has 3 rings (SSSR count). The first-order valence-corrected chi connectivity index (χ1v) is 11.4. The van der Waals surface area contributed by atoms with E-state index >= 15 is 0 Å². The molecule has 16 heteroatoms. The first kappa shape index (κ1) is 27.6. The summed E-state index contributed by atoms with van der Waals surface area (Å²) in [6.45, 7) is 0.0426. The van der Waals surface area contributed by atoms with Gasteiger partial charge in [-0.05, 0) is 5.57 Å². The number of anilines is 1. The Morgan fingerprint density at radius 2 is 2.12 bits per heavy atom. The second-order valence-electron chi connectivity index (χ2n) is 6.38. The molecule has 2 aliphatic rings. The molecule has 12 nitrogen and oxygen atoms in total. The molecule has 3 amide bonds. The van der Waals surface area contributed by atoms with Crippen LogP contribution < -0.4 is 45.3 Å². The van der Waals surface area contributed by atoms with Gasteiger partial charge in [0.25, 0.3) is 11.8 Å². The third-order valence-electron chi connectivity index (χ3n) is 4.36. The zero-order chi connectivity index (χ0) is 23.4. The number of aliphatic carboxylic acids is 1. The van der Waals surface area contributed by atoms with Gasteiger partial charge < -0.3 is 30.1 Å². The molecule has 1 aromatic heterocycles. The third kappa shape index (κ3) is 5.88. The van der Waals surface area contributed by atoms with Gasteiger partial charge in [-0.3, -0.25) is 19.3 Å². The maximum Gasteiger partial charge on any atom is 1.00 e. The van der Waals surface area contributed by atoms with Crippen molar-refractivity contribution in [3.63, 3.8) is 0 Å². The van der Waals surface area contributed by atoms with Crippen LogP contribution in [-0.2, 0) is 28.8 Å². The van der Waals surface area contributed by atoms with Crippen LogP contribution in [0.1, 0.15) is 5.69 Å². The number of oxime groups is 1. The number of nitrogens with one attached hydrogen (secondary N) is 2. The Morgan fingerprint density at radius 3 is 2.73 bits per heavy atom. The molecule has 2 atom stereocenters. The van der Waals surface area contributed by atoms with E-state index in [1.807, 2.05) is 0 Å². The predicted molar refractivity (Wildman–Crippen MR) is 114 cm³/mol. The fourth-order valence-electron chi connectivity index (χ4n) is 3.06. The molecule has 33 heavy (non-hydrogen) atoms. The van der Waals surface area contributed by atoms with Crippen LogP contribution in [-0.4, -0.2) is 83.2 Å². The maximum absolute atomic E-state index is 12.8. The van der Waals surface area contributed by atoms with Crippen molar-refractivity contribution in [1.82, 2.24) is 15.2 Å². The van der Waals surface area contributed by atoms with E-state index in [0.29, 0.717) is 11.3 Å². The molecule has 172 valence electrons. The molecule has 1 unspecified atom stereocenters. The van der Waals surface area contributed by atoms with E-state index in [1.54, 1.807) is 0 Å². The summed E-state index contributed by atoms with van der Waals surface area (Å²) in [6.07, 6.45) is 0. The number of hydrogen-bond donors (Lipinski definition) is 2. The summed E-state index contributed by atoms with van der Waals surface area (Å²) >= 11 is 7.78. The van der Waals surface area contributed by atoms with Crippen molar-refractivity contribution >= 4 is 69.2 Å². The number of aromatic nitrogens is 1. The normalized spacial score (nSPS) is 19.8. The Morgan fingerprint density at radius 1 is 1.39 bits per heavy atom. The summed E-state index contributed by atoms with van der Waals surface area (Å²) in [7, 11) is 2.65. The van der Waals surface area contributed by atoms with Gasteiger partial charge in [0.15, 0.2) is 10.8 Å². The average Bonchev–Trinajstić information content (AvgIpc) is 3.22. The quantitative estimate of drug-likeness (QED) is 0.107. The fraction of sp³-hybridized carbons (Fsp3) is 0.412. The molecule has 2 N–H and O–H groups in total. The van der Waals surface area contributed by atoms with Crippen LogP contribution >= 0.6 is 34.7 Å². The number of hydrogen-bond acceptors (Lipinski definition) is 11. The number of thiazole rings is 1. The van der Waals surface area contributed by atoms with Gasteiger partial charge in [-0.2, -0.15) is 0 Å². The van der Waals surface area contributed by atoms with Gasteiger partial charge in [-0.15, -0.1) is 34.7 Å². The topological polar surface area (TPSA) is 162 Å². The SMILES string of the molecule is COCC1=C(C(=O)[O-])N2C(=O)C(NC(=O)C(=NOC)c3csc(NC(=O)CCl)n3)[C@@H]2SC1.[Na+]. The van der Waals surface area contributed by atoms with Crippen molar-refractivity contribution < 1.29 is 63.4 Å². The van der Waals surface area contributed by atoms with Crippen molar-refractivity contribution in [3.05, 3.63) is 22.3 Å². The number of β-lactam (4-membered cyclic amide) rings is 1. The van der Waals surface area contributed by atoms with Gasteiger partial charge in [0.1, 0.15) is 30.1 Å². The molecule has 3 heterocycles. The van der Waals surface area contributed by atoms with Crippen LogP contribution in [0.5, 0.6) is 0 Å². The number of fused-ring (bicyclic) bond motifs is 1. The minimum absolute atomic E-state index is 0. The van der Waals surface area contributed by atoms with Crippen molar-refractivity contribution in [2.45, 2.75) is 11.4 Å². The Balaban J connectivity index is 0.00000385. The van der Waals surface area contributed by atoms with E-state index in [9.17, 15) is 24.3 Å². The number of nitrogens with zero attached hydrogens (tertiary/aromatic N) is 3. The van der Waals surface area contributed by atoms with Gasteiger partial charge in [-0.1, -0.05) is 5.16 Å². The van der Waals surface area contributed by atoms with Gasteiger partial charge in [0.2, 0.25) is 5.91 Å². The van der Waals surface area contributed by atoms with Gasteiger partial charge >= 0.3 is 29.6 Å². The number of carbonyl (C=O) groups is 4. The number of ether oxygens (including phenoxy) is 1. The smallest absolute Gasteiger partial charge is 0.543 e. The number of carbonyl (C=O) groups excluding carboxylic acids is 4. The number of rotatable bonds is 9. The summed E-state index contributed by atoms with van der Waals surface area (Å²) in [5.41, 5.74) is 0.0633. The van der Waals surface area contributed by atoms with Gasteiger partial charge in [-0.25, -0.2) is 4.98 Å². The molecule has 1 aromatic rings. The van der Waals surface area contributed by atoms with Crippen LogP contribution in [0, 0.1) is 0 Å². The summed E-state index contributed by atoms with van der Waals surface area (Å²) in [5.74, 6) is -3.28. The monoisotopic (exact) mass is 525 g/mol. The van der Waals surface area contributed by atoms with E-state index < -0.39 is 35.1 Å². The molecule has 0 aliphatic carbocycles. The molecule has 0 saturated carbocycles. The van der Waals surface area contributed by atoms with Gasteiger partial charge in [0, 0.05) is 18.2 Å². The minimum Gasteiger partial charge on any atom is -0.543 e. The van der Waals surface area contributed by atoms with Crippen molar-refractivity contribution in [2.24, 2.45) is 5.16 Å². The first-order chi connectivity index (χ1) is 15.3. The van der Waals surface area contributed by atoms with Crippen LogP contribution in [0.25, 0.3) is 0 Å². The van der Waals surface area contributed by atoms with Crippen LogP contribution in [0.3, 0.4) is 0 Å². The average molecular weight is 526 g/mol. The van der Waals surface area contributed by atoms with E-state index in [1.165, 1.54) is 31.4 Å². The second kappa shape index (κ2) is 12.1. The molecule has 0 spiro atoms. The summed E-state index contributed by atoms with van der Waals surface area (Å²) in [4.78, 5) is 58.4. The van der Waals surface area contributed by atoms with E-state index in [-0.39, 0.29) is 64.3 Å². The van der Waals surface area contributed by atoms with Crippen molar-refractivity contribution in [3.8, 4) is 0 Å². The Bertz CT molecular complexity index is 1020. The zero-order valence-corrected chi connectivity index (χ0v) is 22.1. The fourth-order valence-corrected chi connectivity index (χ4v) is 5.16. The molecule has 1 saturated heterocycles. The second-order valence-corrected chi connectivity index (χ2v) is 8.61. The largest absolute Gasteiger partial charge is 1.00 e. The Kier molecular flexibility index (Phi) is 10.1. The van der Waals surface area contributed by atoms with E-state index in [4.69, 9.17) is 21.2 Å². The van der Waals surface area contributed by atoms with E-state index in [2.05, 4.69) is 20.8 Å². The summed E-state index contributed by atoms with van der Waals surface area (Å²) in [6, 6.07) is -0.984. The first-order valence-electron chi connectivity index (χ1n) is 8.93. The molecule has 0 bridgehead atoms. The van der Waals surface area contributed by atoms with Gasteiger partial charge in [0.05, 0.1) is 18.3 Å². The molecule has 0 aromatic carbocycles. The van der Waals surface area contributed by atoms with Crippen molar-refractivity contribution in [1.29, 1.82) is 0 Å².